The predicted molar refractivity (Wildman–Crippen MR) is 69.4 cm³/mol. The van der Waals surface area contributed by atoms with E-state index in [0.29, 0.717) is 12.0 Å². The third-order valence-electron chi connectivity index (χ3n) is 2.83. The number of nitro benzene ring substituents is 1. The maximum Gasteiger partial charge on any atom is 0.347 e. The molecule has 0 fully saturated rings. The zero-order chi connectivity index (χ0) is 14.6. The van der Waals surface area contributed by atoms with Crippen molar-refractivity contribution in [1.82, 2.24) is 0 Å². The Morgan fingerprint density at radius 3 is 2.63 bits per heavy atom. The summed E-state index contributed by atoms with van der Waals surface area (Å²) >= 11 is 0. The number of nitrogens with zero attached hydrogens (tertiary/aromatic N) is 1. The van der Waals surface area contributed by atoms with Gasteiger partial charge in [-0.15, -0.1) is 0 Å². The normalized spacial score (nSPS) is 13.6. The van der Waals surface area contributed by atoms with Gasteiger partial charge in [0.1, 0.15) is 0 Å². The van der Waals surface area contributed by atoms with Gasteiger partial charge < -0.3 is 9.84 Å². The summed E-state index contributed by atoms with van der Waals surface area (Å²) in [4.78, 5) is 21.7. The molecule has 19 heavy (non-hydrogen) atoms. The van der Waals surface area contributed by atoms with Gasteiger partial charge in [-0.25, -0.2) is 4.79 Å². The van der Waals surface area contributed by atoms with Crippen molar-refractivity contribution in [1.29, 1.82) is 0 Å². The molecule has 0 aromatic heterocycles. The molecule has 0 amide bonds. The van der Waals surface area contributed by atoms with E-state index in [1.54, 1.807) is 13.0 Å². The number of nitro groups is 1. The van der Waals surface area contributed by atoms with Crippen LogP contribution in [0.2, 0.25) is 0 Å². The quantitative estimate of drug-likeness (QED) is 0.632. The van der Waals surface area contributed by atoms with Crippen LogP contribution in [0.15, 0.2) is 18.2 Å². The van der Waals surface area contributed by atoms with Crippen LogP contribution in [0.25, 0.3) is 0 Å². The molecule has 1 rings (SSSR count). The predicted octanol–water partition coefficient (Wildman–Crippen LogP) is 2.93. The molecular formula is C13H17NO5. The Hall–Kier alpha value is -2.11. The highest BCUT2D eigenvalue weighted by Crippen LogP contribution is 2.32. The molecule has 1 aromatic rings. The van der Waals surface area contributed by atoms with Gasteiger partial charge >= 0.3 is 11.7 Å². The third-order valence-corrected chi connectivity index (χ3v) is 2.83. The van der Waals surface area contributed by atoms with Crippen molar-refractivity contribution in [3.05, 3.63) is 33.9 Å². The smallest absolute Gasteiger partial charge is 0.347 e. The van der Waals surface area contributed by atoms with Crippen LogP contribution in [0.4, 0.5) is 5.69 Å². The van der Waals surface area contributed by atoms with E-state index < -0.39 is 16.5 Å². The van der Waals surface area contributed by atoms with Crippen molar-refractivity contribution in [2.75, 3.05) is 0 Å². The number of aryl methyl sites for hydroxylation is 1. The fraction of sp³-hybridized carbons (Fsp3) is 0.462. The average molecular weight is 267 g/mol. The van der Waals surface area contributed by atoms with Gasteiger partial charge in [-0.2, -0.15) is 0 Å². The van der Waals surface area contributed by atoms with Crippen LogP contribution in [-0.4, -0.2) is 21.6 Å². The molecule has 0 aliphatic rings. The minimum absolute atomic E-state index is 0.0195. The van der Waals surface area contributed by atoms with Crippen molar-refractivity contribution >= 4 is 11.7 Å². The van der Waals surface area contributed by atoms with Gasteiger partial charge in [0, 0.05) is 6.07 Å². The number of hydrogen-bond donors (Lipinski definition) is 1. The van der Waals surface area contributed by atoms with Crippen molar-refractivity contribution < 1.29 is 19.6 Å². The van der Waals surface area contributed by atoms with Gasteiger partial charge in [-0.1, -0.05) is 19.4 Å². The minimum atomic E-state index is -1.46. The molecule has 0 saturated carbocycles. The number of rotatable bonds is 6. The summed E-state index contributed by atoms with van der Waals surface area (Å²) < 4.78 is 5.41. The Bertz CT molecular complexity index is 500. The first-order valence-corrected chi connectivity index (χ1v) is 5.97. The number of carbonyl (C=O) groups is 1. The zero-order valence-corrected chi connectivity index (χ0v) is 11.2. The highest BCUT2D eigenvalue weighted by Gasteiger charge is 2.36. The van der Waals surface area contributed by atoms with Crippen LogP contribution in [0.5, 0.6) is 5.75 Å². The summed E-state index contributed by atoms with van der Waals surface area (Å²) in [5, 5.41) is 20.2. The monoisotopic (exact) mass is 267 g/mol. The summed E-state index contributed by atoms with van der Waals surface area (Å²) in [7, 11) is 0. The maximum atomic E-state index is 11.3. The first-order valence-electron chi connectivity index (χ1n) is 5.97. The average Bonchev–Trinajstić information content (AvgIpc) is 2.31. The zero-order valence-electron chi connectivity index (χ0n) is 11.2. The number of benzene rings is 1. The Morgan fingerprint density at radius 2 is 2.16 bits per heavy atom. The van der Waals surface area contributed by atoms with E-state index in [0.717, 1.165) is 0 Å². The lowest BCUT2D eigenvalue weighted by Gasteiger charge is -2.25. The van der Waals surface area contributed by atoms with Gasteiger partial charge in [0.25, 0.3) is 0 Å². The number of aliphatic carboxylic acids is 1. The van der Waals surface area contributed by atoms with Gasteiger partial charge in [0.2, 0.25) is 5.60 Å². The highest BCUT2D eigenvalue weighted by molar-refractivity contribution is 5.77. The third kappa shape index (κ3) is 3.43. The highest BCUT2D eigenvalue weighted by atomic mass is 16.6. The molecule has 0 aliphatic carbocycles. The van der Waals surface area contributed by atoms with E-state index in [1.807, 2.05) is 6.92 Å². The summed E-state index contributed by atoms with van der Waals surface area (Å²) in [5.74, 6) is -1.15. The molecular weight excluding hydrogens is 250 g/mol. The molecule has 6 nitrogen and oxygen atoms in total. The molecule has 1 N–H and O–H groups in total. The molecule has 1 unspecified atom stereocenters. The van der Waals surface area contributed by atoms with Gasteiger partial charge in [-0.05, 0) is 31.9 Å². The molecule has 104 valence electrons. The van der Waals surface area contributed by atoms with Gasteiger partial charge in [0.05, 0.1) is 4.92 Å². The number of carboxylic acid groups (broad SMARTS) is 1. The van der Waals surface area contributed by atoms with Gasteiger partial charge in [0.15, 0.2) is 5.75 Å². The largest absolute Gasteiger partial charge is 0.478 e. The fourth-order valence-electron chi connectivity index (χ4n) is 1.78. The lowest BCUT2D eigenvalue weighted by Crippen LogP contribution is -2.41. The molecule has 0 heterocycles. The number of carboxylic acids is 1. The lowest BCUT2D eigenvalue weighted by molar-refractivity contribution is -0.386. The van der Waals surface area contributed by atoms with Crippen LogP contribution in [0.1, 0.15) is 32.3 Å². The van der Waals surface area contributed by atoms with Crippen LogP contribution in [0.3, 0.4) is 0 Å². The van der Waals surface area contributed by atoms with Crippen molar-refractivity contribution in [2.24, 2.45) is 0 Å². The Morgan fingerprint density at radius 1 is 1.53 bits per heavy atom. The van der Waals surface area contributed by atoms with E-state index >= 15 is 0 Å². The van der Waals surface area contributed by atoms with Crippen LogP contribution in [-0.2, 0) is 4.79 Å². The summed E-state index contributed by atoms with van der Waals surface area (Å²) in [6, 6.07) is 4.45. The van der Waals surface area contributed by atoms with E-state index in [1.165, 1.54) is 19.1 Å². The molecule has 0 spiro atoms. The Balaban J connectivity index is 3.16. The topological polar surface area (TPSA) is 89.7 Å². The number of hydrogen-bond acceptors (Lipinski definition) is 4. The molecule has 0 saturated heterocycles. The summed E-state index contributed by atoms with van der Waals surface area (Å²) in [6.45, 7) is 4.97. The van der Waals surface area contributed by atoms with E-state index in [2.05, 4.69) is 0 Å². The van der Waals surface area contributed by atoms with Crippen molar-refractivity contribution in [2.45, 2.75) is 39.2 Å². The van der Waals surface area contributed by atoms with E-state index in [4.69, 9.17) is 4.74 Å². The molecule has 0 bridgehead atoms. The molecule has 1 atom stereocenters. The molecule has 1 aromatic carbocycles. The SMILES string of the molecule is CCCC(C)(Oc1ccc(C)cc1[N+](=O)[O-])C(=O)O. The second-order valence-electron chi connectivity index (χ2n) is 4.62. The van der Waals surface area contributed by atoms with Crippen LogP contribution in [0, 0.1) is 17.0 Å². The first-order chi connectivity index (χ1) is 8.80. The first kappa shape index (κ1) is 14.9. The molecule has 6 heteroatoms. The summed E-state index contributed by atoms with van der Waals surface area (Å²) in [6.07, 6.45) is 0.871. The standard InChI is InChI=1S/C13H17NO5/c1-4-7-13(3,12(15)16)19-11-6-5-9(2)8-10(11)14(17)18/h5-6,8H,4,7H2,1-3H3,(H,15,16). The second-order valence-corrected chi connectivity index (χ2v) is 4.62. The molecule has 0 aliphatic heterocycles. The van der Waals surface area contributed by atoms with E-state index in [-0.39, 0.29) is 17.9 Å². The Kier molecular flexibility index (Phi) is 4.47. The maximum absolute atomic E-state index is 11.3. The van der Waals surface area contributed by atoms with Gasteiger partial charge in [-0.3, -0.25) is 10.1 Å². The van der Waals surface area contributed by atoms with Crippen LogP contribution >= 0.6 is 0 Å². The van der Waals surface area contributed by atoms with E-state index in [9.17, 15) is 20.0 Å². The summed E-state index contributed by atoms with van der Waals surface area (Å²) in [5.41, 5.74) is -0.968. The molecule has 0 radical (unpaired) electrons. The minimum Gasteiger partial charge on any atom is -0.478 e. The Labute approximate surface area is 111 Å². The van der Waals surface area contributed by atoms with Crippen molar-refractivity contribution in [3.63, 3.8) is 0 Å². The lowest BCUT2D eigenvalue weighted by atomic mass is 10.0. The number of ether oxygens (including phenoxy) is 1. The fourth-order valence-corrected chi connectivity index (χ4v) is 1.78. The van der Waals surface area contributed by atoms with Crippen LogP contribution < -0.4 is 4.74 Å². The van der Waals surface area contributed by atoms with Crippen molar-refractivity contribution in [3.8, 4) is 5.75 Å². The second kappa shape index (κ2) is 5.69.